The molecule has 2 aromatic rings. The van der Waals surface area contributed by atoms with Crippen molar-refractivity contribution in [2.75, 3.05) is 20.2 Å². The van der Waals surface area contributed by atoms with Gasteiger partial charge in [0.15, 0.2) is 10.6 Å². The first-order valence-electron chi connectivity index (χ1n) is 9.92. The molecule has 0 aliphatic heterocycles. The summed E-state index contributed by atoms with van der Waals surface area (Å²) >= 11 is 5.26. The van der Waals surface area contributed by atoms with Crippen molar-refractivity contribution in [2.24, 2.45) is 5.92 Å². The molecule has 0 atom stereocenters. The normalized spacial score (nSPS) is 14.4. The third-order valence-electron chi connectivity index (χ3n) is 5.13. The number of nitrogens with one attached hydrogen (secondary N) is 3. The van der Waals surface area contributed by atoms with Crippen LogP contribution in [0.15, 0.2) is 24.3 Å². The molecule has 0 bridgehead atoms. The smallest absolute Gasteiger partial charge is 0.240 e. The first-order chi connectivity index (χ1) is 14.1. The lowest BCUT2D eigenvalue weighted by atomic mass is 9.89. The van der Waals surface area contributed by atoms with Crippen LogP contribution in [0.5, 0.6) is 5.75 Å². The number of methoxy groups -OCH3 is 1. The van der Waals surface area contributed by atoms with Gasteiger partial charge in [-0.1, -0.05) is 19.3 Å². The Bertz CT molecular complexity index is 884. The maximum absolute atomic E-state index is 12.3. The summed E-state index contributed by atoms with van der Waals surface area (Å²) < 4.78 is 7.18. The van der Waals surface area contributed by atoms with Crippen LogP contribution in [0, 0.1) is 10.7 Å². The van der Waals surface area contributed by atoms with Crippen LogP contribution in [-0.4, -0.2) is 46.8 Å². The first-order valence-corrected chi connectivity index (χ1v) is 10.3. The lowest BCUT2D eigenvalue weighted by Gasteiger charge is -2.20. The molecule has 8 nitrogen and oxygen atoms in total. The largest absolute Gasteiger partial charge is 0.497 e. The zero-order chi connectivity index (χ0) is 20.6. The molecule has 0 unspecified atom stereocenters. The number of amides is 2. The summed E-state index contributed by atoms with van der Waals surface area (Å²) in [5.74, 6) is 1.35. The van der Waals surface area contributed by atoms with Crippen LogP contribution in [0.4, 0.5) is 0 Å². The van der Waals surface area contributed by atoms with Gasteiger partial charge >= 0.3 is 0 Å². The number of carbonyl (C=O) groups is 2. The van der Waals surface area contributed by atoms with Gasteiger partial charge in [-0.05, 0) is 49.3 Å². The molecule has 1 aromatic heterocycles. The second-order valence-electron chi connectivity index (χ2n) is 7.14. The molecule has 0 radical (unpaired) electrons. The van der Waals surface area contributed by atoms with E-state index in [1.807, 2.05) is 24.3 Å². The monoisotopic (exact) mass is 417 g/mol. The molecule has 1 aliphatic rings. The Morgan fingerprint density at radius 1 is 1.17 bits per heavy atom. The Morgan fingerprint density at radius 2 is 1.86 bits per heavy atom. The summed E-state index contributed by atoms with van der Waals surface area (Å²) in [7, 11) is 1.60. The Labute approximate surface area is 175 Å². The molecule has 1 heterocycles. The quantitative estimate of drug-likeness (QED) is 0.452. The van der Waals surface area contributed by atoms with E-state index in [0.717, 1.165) is 37.0 Å². The highest BCUT2D eigenvalue weighted by Crippen LogP contribution is 2.23. The predicted molar refractivity (Wildman–Crippen MR) is 112 cm³/mol. The predicted octanol–water partition coefficient (Wildman–Crippen LogP) is 2.43. The number of benzene rings is 1. The van der Waals surface area contributed by atoms with Gasteiger partial charge < -0.3 is 15.4 Å². The zero-order valence-corrected chi connectivity index (χ0v) is 17.4. The van der Waals surface area contributed by atoms with Gasteiger partial charge in [0.25, 0.3) is 0 Å². The lowest BCUT2D eigenvalue weighted by molar-refractivity contribution is -0.126. The molecule has 0 spiro atoms. The van der Waals surface area contributed by atoms with Crippen LogP contribution >= 0.6 is 12.2 Å². The van der Waals surface area contributed by atoms with Crippen LogP contribution in [0.2, 0.25) is 0 Å². The Morgan fingerprint density at radius 3 is 2.55 bits per heavy atom. The van der Waals surface area contributed by atoms with Crippen LogP contribution in [0.25, 0.3) is 11.4 Å². The molecule has 2 amide bonds. The van der Waals surface area contributed by atoms with Gasteiger partial charge in [-0.15, -0.1) is 0 Å². The number of hydrogen-bond acceptors (Lipinski definition) is 5. The van der Waals surface area contributed by atoms with Crippen molar-refractivity contribution in [3.8, 4) is 17.1 Å². The van der Waals surface area contributed by atoms with Crippen molar-refractivity contribution in [2.45, 2.75) is 38.6 Å². The topological polar surface area (TPSA) is 101 Å². The number of hydrogen-bond donors (Lipinski definition) is 3. The van der Waals surface area contributed by atoms with Crippen molar-refractivity contribution in [3.63, 3.8) is 0 Å². The highest BCUT2D eigenvalue weighted by molar-refractivity contribution is 7.71. The highest BCUT2D eigenvalue weighted by Gasteiger charge is 2.20. The van der Waals surface area contributed by atoms with Crippen LogP contribution in [-0.2, 0) is 16.1 Å². The van der Waals surface area contributed by atoms with E-state index in [1.54, 1.807) is 11.7 Å². The summed E-state index contributed by atoms with van der Waals surface area (Å²) in [5, 5.41) is 12.7. The molecule has 156 valence electrons. The minimum absolute atomic E-state index is 0.0489. The van der Waals surface area contributed by atoms with Gasteiger partial charge in [-0.2, -0.15) is 5.10 Å². The average molecular weight is 418 g/mol. The number of ether oxygens (including phenoxy) is 1. The fraction of sp³-hybridized carbons (Fsp3) is 0.500. The van der Waals surface area contributed by atoms with Gasteiger partial charge in [0.1, 0.15) is 12.3 Å². The van der Waals surface area contributed by atoms with Crippen LogP contribution in [0.1, 0.15) is 32.1 Å². The molecule has 29 heavy (non-hydrogen) atoms. The van der Waals surface area contributed by atoms with Gasteiger partial charge in [-0.25, -0.2) is 0 Å². The Balaban J connectivity index is 1.49. The molecule has 3 N–H and O–H groups in total. The molecular weight excluding hydrogens is 390 g/mol. The minimum Gasteiger partial charge on any atom is -0.497 e. The van der Waals surface area contributed by atoms with E-state index in [1.165, 1.54) is 6.42 Å². The van der Waals surface area contributed by atoms with Gasteiger partial charge in [0.05, 0.1) is 7.11 Å². The fourth-order valence-corrected chi connectivity index (χ4v) is 3.72. The highest BCUT2D eigenvalue weighted by atomic mass is 32.1. The van der Waals surface area contributed by atoms with Crippen molar-refractivity contribution < 1.29 is 14.3 Å². The molecule has 0 saturated heterocycles. The maximum Gasteiger partial charge on any atom is 0.240 e. The molecule has 3 rings (SSSR count). The minimum atomic E-state index is -0.191. The summed E-state index contributed by atoms with van der Waals surface area (Å²) in [4.78, 5) is 24.5. The number of rotatable bonds is 8. The van der Waals surface area contributed by atoms with Crippen LogP contribution < -0.4 is 15.4 Å². The average Bonchev–Trinajstić information content (AvgIpc) is 3.12. The summed E-state index contributed by atoms with van der Waals surface area (Å²) in [6.45, 7) is 0.844. The van der Waals surface area contributed by atoms with Crippen molar-refractivity contribution in [3.05, 3.63) is 29.0 Å². The SMILES string of the molecule is COc1ccc(-c2n[nH]c(=S)n2CC(=O)NCCNC(=O)C2CCCCC2)cc1. The second kappa shape index (κ2) is 10.2. The van der Waals surface area contributed by atoms with Gasteiger partial charge in [-0.3, -0.25) is 19.3 Å². The van der Waals surface area contributed by atoms with E-state index in [0.29, 0.717) is 23.7 Å². The number of H-pyrrole nitrogens is 1. The molecule has 1 fully saturated rings. The molecule has 1 aliphatic carbocycles. The Kier molecular flexibility index (Phi) is 7.40. The second-order valence-corrected chi connectivity index (χ2v) is 7.53. The van der Waals surface area contributed by atoms with Crippen LogP contribution in [0.3, 0.4) is 0 Å². The van der Waals surface area contributed by atoms with Crippen molar-refractivity contribution >= 4 is 24.0 Å². The molecular formula is C20H27N5O3S. The number of nitrogens with zero attached hydrogens (tertiary/aromatic N) is 2. The van der Waals surface area contributed by atoms with E-state index >= 15 is 0 Å². The third-order valence-corrected chi connectivity index (χ3v) is 5.44. The Hall–Kier alpha value is -2.68. The summed E-state index contributed by atoms with van der Waals surface area (Å²) in [5.41, 5.74) is 0.825. The van der Waals surface area contributed by atoms with Gasteiger partial charge in [0.2, 0.25) is 11.8 Å². The van der Waals surface area contributed by atoms with Crippen molar-refractivity contribution in [1.82, 2.24) is 25.4 Å². The molecule has 9 heteroatoms. The zero-order valence-electron chi connectivity index (χ0n) is 16.6. The van der Waals surface area contributed by atoms with Gasteiger partial charge in [0, 0.05) is 24.6 Å². The number of aromatic amines is 1. The standard InChI is InChI=1S/C20H27N5O3S/c1-28-16-9-7-14(8-10-16)18-23-24-20(29)25(18)13-17(26)21-11-12-22-19(27)15-5-3-2-4-6-15/h7-10,15H,2-6,11-13H2,1H3,(H,21,26)(H,22,27)(H,24,29). The van der Waals surface area contributed by atoms with E-state index < -0.39 is 0 Å². The molecule has 1 aromatic carbocycles. The third kappa shape index (κ3) is 5.66. The maximum atomic E-state index is 12.3. The summed E-state index contributed by atoms with van der Waals surface area (Å²) in [6, 6.07) is 7.37. The van der Waals surface area contributed by atoms with E-state index in [-0.39, 0.29) is 24.3 Å². The van der Waals surface area contributed by atoms with E-state index in [2.05, 4.69) is 20.8 Å². The lowest BCUT2D eigenvalue weighted by Crippen LogP contribution is -2.39. The van der Waals surface area contributed by atoms with E-state index in [4.69, 9.17) is 17.0 Å². The molecule has 1 saturated carbocycles. The van der Waals surface area contributed by atoms with E-state index in [9.17, 15) is 9.59 Å². The number of aromatic nitrogens is 3. The first kappa shape index (κ1) is 21.0. The van der Waals surface area contributed by atoms with Crippen molar-refractivity contribution in [1.29, 1.82) is 0 Å². The summed E-state index contributed by atoms with van der Waals surface area (Å²) in [6.07, 6.45) is 5.39. The fourth-order valence-electron chi connectivity index (χ4n) is 3.52. The number of carbonyl (C=O) groups excluding carboxylic acids is 2.